The van der Waals surface area contributed by atoms with Crippen molar-refractivity contribution in [2.24, 2.45) is 5.73 Å². The van der Waals surface area contributed by atoms with Crippen molar-refractivity contribution in [1.82, 2.24) is 4.90 Å². The summed E-state index contributed by atoms with van der Waals surface area (Å²) < 4.78 is 15.6. The molecular weight excluding hydrogens is 272 g/mol. The molecule has 1 saturated heterocycles. The highest BCUT2D eigenvalue weighted by atomic mass is 16.5. The number of benzene rings is 1. The fraction of sp³-hybridized carbons (Fsp3) is 0.533. The number of ether oxygens (including phenoxy) is 3. The van der Waals surface area contributed by atoms with Crippen molar-refractivity contribution in [2.75, 3.05) is 34.0 Å². The van der Waals surface area contributed by atoms with Gasteiger partial charge in [0.25, 0.3) is 0 Å². The number of nitrogens with two attached hydrogens (primary N) is 1. The minimum Gasteiger partial charge on any atom is -0.496 e. The molecule has 1 heterocycles. The molecule has 1 fully saturated rings. The predicted octanol–water partition coefficient (Wildman–Crippen LogP) is 0.528. The number of carbonyl (C=O) groups excluding carboxylic acids is 1. The standard InChI is InChI=1S/C15H22N2O4/c1-19-14-7-11(3-4-12(14)8-16)9-17-5-6-21-10-13(17)15(18)20-2/h3-4,7,13H,5-6,8-10,16H2,1-2H3. The van der Waals surface area contributed by atoms with Crippen LogP contribution in [0.4, 0.5) is 0 Å². The van der Waals surface area contributed by atoms with E-state index in [9.17, 15) is 4.79 Å². The molecule has 0 radical (unpaired) electrons. The first kappa shape index (κ1) is 15.8. The number of esters is 1. The highest BCUT2D eigenvalue weighted by Gasteiger charge is 2.30. The largest absolute Gasteiger partial charge is 0.496 e. The normalized spacial score (nSPS) is 19.3. The van der Waals surface area contributed by atoms with Crippen molar-refractivity contribution in [3.63, 3.8) is 0 Å². The fourth-order valence-electron chi connectivity index (χ4n) is 2.47. The molecule has 0 spiro atoms. The summed E-state index contributed by atoms with van der Waals surface area (Å²) in [6.45, 7) is 2.76. The summed E-state index contributed by atoms with van der Waals surface area (Å²) in [4.78, 5) is 13.9. The Balaban J connectivity index is 2.13. The molecule has 0 saturated carbocycles. The van der Waals surface area contributed by atoms with Crippen LogP contribution in [0.2, 0.25) is 0 Å². The molecule has 1 atom stereocenters. The molecule has 6 nitrogen and oxygen atoms in total. The lowest BCUT2D eigenvalue weighted by Crippen LogP contribution is -2.49. The zero-order valence-corrected chi connectivity index (χ0v) is 12.5. The van der Waals surface area contributed by atoms with Gasteiger partial charge in [0.05, 0.1) is 27.4 Å². The van der Waals surface area contributed by atoms with Crippen LogP contribution >= 0.6 is 0 Å². The Labute approximate surface area is 124 Å². The second-order valence-corrected chi connectivity index (χ2v) is 4.93. The maximum Gasteiger partial charge on any atom is 0.325 e. The van der Waals surface area contributed by atoms with Crippen LogP contribution in [0.25, 0.3) is 0 Å². The summed E-state index contributed by atoms with van der Waals surface area (Å²) >= 11 is 0. The van der Waals surface area contributed by atoms with E-state index in [1.54, 1.807) is 7.11 Å². The quantitative estimate of drug-likeness (QED) is 0.799. The Bertz CT molecular complexity index is 493. The second-order valence-electron chi connectivity index (χ2n) is 4.93. The fourth-order valence-corrected chi connectivity index (χ4v) is 2.47. The van der Waals surface area contributed by atoms with Gasteiger partial charge in [-0.05, 0) is 11.6 Å². The SMILES string of the molecule is COC(=O)C1COCCN1Cc1ccc(CN)c(OC)c1. The molecular formula is C15H22N2O4. The number of hydrogen-bond donors (Lipinski definition) is 1. The first-order valence-electron chi connectivity index (χ1n) is 6.95. The van der Waals surface area contributed by atoms with Crippen LogP contribution in [0.1, 0.15) is 11.1 Å². The summed E-state index contributed by atoms with van der Waals surface area (Å²) in [7, 11) is 3.03. The third kappa shape index (κ3) is 3.72. The summed E-state index contributed by atoms with van der Waals surface area (Å²) in [5.74, 6) is 0.512. The molecule has 21 heavy (non-hydrogen) atoms. The van der Waals surface area contributed by atoms with Crippen molar-refractivity contribution in [1.29, 1.82) is 0 Å². The van der Waals surface area contributed by atoms with Crippen molar-refractivity contribution < 1.29 is 19.0 Å². The van der Waals surface area contributed by atoms with Crippen molar-refractivity contribution in [3.8, 4) is 5.75 Å². The van der Waals surface area contributed by atoms with Gasteiger partial charge >= 0.3 is 5.97 Å². The van der Waals surface area contributed by atoms with E-state index < -0.39 is 0 Å². The van der Waals surface area contributed by atoms with Gasteiger partial charge in [0.2, 0.25) is 0 Å². The number of rotatable bonds is 5. The van der Waals surface area contributed by atoms with Gasteiger partial charge in [0, 0.05) is 25.2 Å². The summed E-state index contributed by atoms with van der Waals surface area (Å²) in [5.41, 5.74) is 7.71. The molecule has 6 heteroatoms. The zero-order chi connectivity index (χ0) is 15.2. The highest BCUT2D eigenvalue weighted by molar-refractivity contribution is 5.75. The monoisotopic (exact) mass is 294 g/mol. The smallest absolute Gasteiger partial charge is 0.325 e. The van der Waals surface area contributed by atoms with Gasteiger partial charge < -0.3 is 19.9 Å². The van der Waals surface area contributed by atoms with E-state index in [4.69, 9.17) is 19.9 Å². The maximum atomic E-state index is 11.8. The molecule has 0 amide bonds. The van der Waals surface area contributed by atoms with E-state index in [1.807, 2.05) is 18.2 Å². The van der Waals surface area contributed by atoms with E-state index in [0.29, 0.717) is 32.8 Å². The molecule has 1 aromatic rings. The first-order valence-corrected chi connectivity index (χ1v) is 6.95. The number of morpholine rings is 1. The number of hydrogen-bond acceptors (Lipinski definition) is 6. The third-order valence-electron chi connectivity index (χ3n) is 3.67. The van der Waals surface area contributed by atoms with Gasteiger partial charge in [-0.2, -0.15) is 0 Å². The topological polar surface area (TPSA) is 74.0 Å². The van der Waals surface area contributed by atoms with Crippen LogP contribution in [0.5, 0.6) is 5.75 Å². The van der Waals surface area contributed by atoms with Crippen molar-refractivity contribution >= 4 is 5.97 Å². The van der Waals surface area contributed by atoms with E-state index in [0.717, 1.165) is 16.9 Å². The zero-order valence-electron chi connectivity index (χ0n) is 12.5. The maximum absolute atomic E-state index is 11.8. The van der Waals surface area contributed by atoms with Gasteiger partial charge in [-0.25, -0.2) is 0 Å². The average molecular weight is 294 g/mol. The average Bonchev–Trinajstić information content (AvgIpc) is 2.54. The van der Waals surface area contributed by atoms with Crippen LogP contribution < -0.4 is 10.5 Å². The molecule has 0 bridgehead atoms. The highest BCUT2D eigenvalue weighted by Crippen LogP contribution is 2.22. The van der Waals surface area contributed by atoms with Crippen molar-refractivity contribution in [2.45, 2.75) is 19.1 Å². The predicted molar refractivity (Wildman–Crippen MR) is 77.9 cm³/mol. The van der Waals surface area contributed by atoms with Gasteiger partial charge in [-0.1, -0.05) is 12.1 Å². The second kappa shape index (κ2) is 7.40. The number of methoxy groups -OCH3 is 2. The van der Waals surface area contributed by atoms with Gasteiger partial charge in [-0.3, -0.25) is 9.69 Å². The van der Waals surface area contributed by atoms with Gasteiger partial charge in [0.1, 0.15) is 11.8 Å². The van der Waals surface area contributed by atoms with Crippen LogP contribution in [0.15, 0.2) is 18.2 Å². The lowest BCUT2D eigenvalue weighted by molar-refractivity contribution is -0.153. The molecule has 116 valence electrons. The lowest BCUT2D eigenvalue weighted by Gasteiger charge is -2.33. The van der Waals surface area contributed by atoms with Crippen LogP contribution in [0, 0.1) is 0 Å². The third-order valence-corrected chi connectivity index (χ3v) is 3.67. The minimum absolute atomic E-state index is 0.264. The van der Waals surface area contributed by atoms with E-state index in [2.05, 4.69) is 4.90 Å². The minimum atomic E-state index is -0.357. The van der Waals surface area contributed by atoms with Crippen molar-refractivity contribution in [3.05, 3.63) is 29.3 Å². The van der Waals surface area contributed by atoms with Gasteiger partial charge in [0.15, 0.2) is 0 Å². The Morgan fingerprint density at radius 3 is 2.95 bits per heavy atom. The Kier molecular flexibility index (Phi) is 5.55. The van der Waals surface area contributed by atoms with E-state index in [-0.39, 0.29) is 12.0 Å². The van der Waals surface area contributed by atoms with E-state index >= 15 is 0 Å². The molecule has 2 rings (SSSR count). The Hall–Kier alpha value is -1.63. The summed E-state index contributed by atoms with van der Waals surface area (Å²) in [6.07, 6.45) is 0. The number of carbonyl (C=O) groups is 1. The molecule has 0 aliphatic carbocycles. The first-order chi connectivity index (χ1) is 10.2. The number of nitrogens with zero attached hydrogens (tertiary/aromatic N) is 1. The molecule has 1 aromatic carbocycles. The Morgan fingerprint density at radius 1 is 1.48 bits per heavy atom. The Morgan fingerprint density at radius 2 is 2.29 bits per heavy atom. The lowest BCUT2D eigenvalue weighted by atomic mass is 10.1. The molecule has 1 aliphatic rings. The molecule has 2 N–H and O–H groups in total. The van der Waals surface area contributed by atoms with Crippen LogP contribution in [-0.2, 0) is 27.4 Å². The summed E-state index contributed by atoms with van der Waals surface area (Å²) in [6, 6.07) is 5.58. The molecule has 0 aromatic heterocycles. The molecule has 1 unspecified atom stereocenters. The van der Waals surface area contributed by atoms with Gasteiger partial charge in [-0.15, -0.1) is 0 Å². The molecule has 1 aliphatic heterocycles. The van der Waals surface area contributed by atoms with Crippen LogP contribution in [-0.4, -0.2) is 50.9 Å². The van der Waals surface area contributed by atoms with Crippen LogP contribution in [0.3, 0.4) is 0 Å². The van der Waals surface area contributed by atoms with E-state index in [1.165, 1.54) is 7.11 Å². The summed E-state index contributed by atoms with van der Waals surface area (Å²) in [5, 5.41) is 0.